The van der Waals surface area contributed by atoms with Crippen LogP contribution in [0.1, 0.15) is 5.56 Å². The Morgan fingerprint density at radius 1 is 0.767 bits per heavy atom. The van der Waals surface area contributed by atoms with Crippen molar-refractivity contribution in [3.63, 3.8) is 0 Å². The van der Waals surface area contributed by atoms with Gasteiger partial charge in [-0.2, -0.15) is 0 Å². The summed E-state index contributed by atoms with van der Waals surface area (Å²) in [6.45, 7) is 2.11. The van der Waals surface area contributed by atoms with E-state index in [-0.39, 0.29) is 11.3 Å². The number of benzene rings is 3. The van der Waals surface area contributed by atoms with E-state index in [2.05, 4.69) is 48.3 Å². The molecule has 0 fully saturated rings. The Morgan fingerprint density at radius 3 is 2.10 bits per heavy atom. The lowest BCUT2D eigenvalue weighted by molar-refractivity contribution is 0.483. The van der Waals surface area contributed by atoms with Crippen LogP contribution in [0.15, 0.2) is 89.0 Å². The summed E-state index contributed by atoms with van der Waals surface area (Å²) in [4.78, 5) is 16.2. The fourth-order valence-electron chi connectivity index (χ4n) is 3.89. The number of aryl methyl sites for hydroxylation is 1. The van der Waals surface area contributed by atoms with Crippen LogP contribution in [0.5, 0.6) is 5.75 Å². The van der Waals surface area contributed by atoms with Gasteiger partial charge in [-0.1, -0.05) is 78.9 Å². The Morgan fingerprint density at radius 2 is 1.40 bits per heavy atom. The first-order valence-corrected chi connectivity index (χ1v) is 10.6. The average molecular weight is 410 g/mol. The van der Waals surface area contributed by atoms with Crippen molar-refractivity contribution in [1.29, 1.82) is 0 Å². The van der Waals surface area contributed by atoms with Crippen LogP contribution < -0.4 is 5.56 Å². The predicted octanol–water partition coefficient (Wildman–Crippen LogP) is 6.60. The zero-order chi connectivity index (χ0) is 20.7. The highest BCUT2D eigenvalue weighted by atomic mass is 32.1. The molecule has 0 radical (unpaired) electrons. The van der Waals surface area contributed by atoms with Gasteiger partial charge < -0.3 is 10.1 Å². The van der Waals surface area contributed by atoms with Gasteiger partial charge in [-0.05, 0) is 34.7 Å². The normalized spacial score (nSPS) is 11.1. The first-order chi connectivity index (χ1) is 14.6. The van der Waals surface area contributed by atoms with Gasteiger partial charge >= 0.3 is 0 Å². The number of thiophene rings is 1. The van der Waals surface area contributed by atoms with E-state index in [0.717, 1.165) is 16.7 Å². The summed E-state index contributed by atoms with van der Waals surface area (Å²) in [5.74, 6) is 0.0270. The minimum absolute atomic E-state index is 0.0270. The number of rotatable bonds is 3. The molecule has 30 heavy (non-hydrogen) atoms. The number of pyridine rings is 1. The smallest absolute Gasteiger partial charge is 0.260 e. The van der Waals surface area contributed by atoms with Crippen molar-refractivity contribution in [1.82, 2.24) is 4.98 Å². The van der Waals surface area contributed by atoms with Crippen LogP contribution in [0.25, 0.3) is 43.6 Å². The minimum atomic E-state index is -0.283. The van der Waals surface area contributed by atoms with Gasteiger partial charge in [-0.25, -0.2) is 0 Å². The van der Waals surface area contributed by atoms with E-state index >= 15 is 0 Å². The van der Waals surface area contributed by atoms with E-state index in [9.17, 15) is 9.90 Å². The lowest BCUT2D eigenvalue weighted by atomic mass is 9.97. The van der Waals surface area contributed by atoms with E-state index < -0.39 is 0 Å². The van der Waals surface area contributed by atoms with Crippen molar-refractivity contribution < 1.29 is 5.11 Å². The molecule has 0 aliphatic heterocycles. The maximum absolute atomic E-state index is 12.6. The minimum Gasteiger partial charge on any atom is -0.506 e. The molecule has 3 aromatic carbocycles. The molecule has 0 amide bonds. The van der Waals surface area contributed by atoms with Gasteiger partial charge in [0.1, 0.15) is 10.6 Å². The summed E-state index contributed by atoms with van der Waals surface area (Å²) in [6.07, 6.45) is 0. The maximum atomic E-state index is 12.6. The summed E-state index contributed by atoms with van der Waals surface area (Å²) in [5.41, 5.74) is 6.22. The average Bonchev–Trinajstić information content (AvgIpc) is 3.19. The summed E-state index contributed by atoms with van der Waals surface area (Å²) in [7, 11) is 0. The van der Waals surface area contributed by atoms with Crippen LogP contribution in [0.4, 0.5) is 0 Å². The quantitative estimate of drug-likeness (QED) is 0.352. The number of aromatic nitrogens is 1. The molecule has 0 aliphatic rings. The van der Waals surface area contributed by atoms with Crippen molar-refractivity contribution in [2.45, 2.75) is 6.92 Å². The number of nitrogens with one attached hydrogen (secondary N) is 1. The summed E-state index contributed by atoms with van der Waals surface area (Å²) >= 11 is 1.43. The Kier molecular flexibility index (Phi) is 4.49. The number of aromatic hydroxyl groups is 1. The molecule has 5 aromatic rings. The molecule has 0 atom stereocenters. The maximum Gasteiger partial charge on any atom is 0.260 e. The van der Waals surface area contributed by atoms with Crippen LogP contribution in [-0.4, -0.2) is 10.1 Å². The fourth-order valence-corrected chi connectivity index (χ4v) is 4.86. The molecule has 2 aromatic heterocycles. The predicted molar refractivity (Wildman–Crippen MR) is 125 cm³/mol. The third-order valence-corrected chi connectivity index (χ3v) is 6.33. The Hall–Kier alpha value is -3.63. The highest BCUT2D eigenvalue weighted by molar-refractivity contribution is 7.17. The molecule has 146 valence electrons. The van der Waals surface area contributed by atoms with Crippen LogP contribution in [0, 0.1) is 6.92 Å². The second-order valence-corrected chi connectivity index (χ2v) is 8.17. The highest BCUT2D eigenvalue weighted by Gasteiger charge is 2.18. The molecular formula is C26H19NO2S. The molecule has 0 unspecified atom stereocenters. The third kappa shape index (κ3) is 3.02. The summed E-state index contributed by atoms with van der Waals surface area (Å²) in [6, 6.07) is 25.9. The van der Waals surface area contributed by atoms with Crippen molar-refractivity contribution in [2.24, 2.45) is 0 Å². The number of aromatic amines is 1. The zero-order valence-electron chi connectivity index (χ0n) is 16.3. The Labute approximate surface area is 177 Å². The number of H-pyrrole nitrogens is 1. The molecule has 4 heteroatoms. The van der Waals surface area contributed by atoms with Crippen molar-refractivity contribution in [3.05, 3.63) is 100 Å². The van der Waals surface area contributed by atoms with Crippen molar-refractivity contribution in [2.75, 3.05) is 0 Å². The second-order valence-electron chi connectivity index (χ2n) is 7.29. The lowest BCUT2D eigenvalue weighted by Crippen LogP contribution is -2.08. The topological polar surface area (TPSA) is 53.1 Å². The van der Waals surface area contributed by atoms with Crippen LogP contribution in [-0.2, 0) is 0 Å². The van der Waals surface area contributed by atoms with Gasteiger partial charge in [0.25, 0.3) is 5.56 Å². The van der Waals surface area contributed by atoms with Gasteiger partial charge in [0.05, 0.1) is 10.9 Å². The SMILES string of the molecule is Cc1ccccc1-c1ccc(-c2csc3[nH]c(=O)c(-c4ccccc4)c(O)c23)cc1. The first kappa shape index (κ1) is 18.4. The third-order valence-electron chi connectivity index (χ3n) is 5.43. The highest BCUT2D eigenvalue weighted by Crippen LogP contribution is 2.41. The van der Waals surface area contributed by atoms with Crippen LogP contribution in [0.3, 0.4) is 0 Å². The largest absolute Gasteiger partial charge is 0.506 e. The second kappa shape index (κ2) is 7.32. The van der Waals surface area contributed by atoms with Crippen LogP contribution >= 0.6 is 11.3 Å². The molecule has 0 saturated carbocycles. The van der Waals surface area contributed by atoms with Crippen molar-refractivity contribution >= 4 is 21.6 Å². The Balaban J connectivity index is 1.65. The molecule has 2 heterocycles. The van der Waals surface area contributed by atoms with E-state index in [1.54, 1.807) is 0 Å². The lowest BCUT2D eigenvalue weighted by Gasteiger charge is -2.09. The summed E-state index contributed by atoms with van der Waals surface area (Å²) in [5, 5.41) is 13.7. The van der Waals surface area contributed by atoms with Gasteiger partial charge in [0.15, 0.2) is 0 Å². The van der Waals surface area contributed by atoms with E-state index in [0.29, 0.717) is 21.3 Å². The number of fused-ring (bicyclic) bond motifs is 1. The monoisotopic (exact) mass is 409 g/mol. The molecule has 0 saturated heterocycles. The van der Waals surface area contributed by atoms with Gasteiger partial charge in [-0.3, -0.25) is 4.79 Å². The first-order valence-electron chi connectivity index (χ1n) is 9.72. The van der Waals surface area contributed by atoms with E-state index in [4.69, 9.17) is 0 Å². The van der Waals surface area contributed by atoms with Gasteiger partial charge in [0, 0.05) is 10.9 Å². The van der Waals surface area contributed by atoms with Crippen LogP contribution in [0.2, 0.25) is 0 Å². The molecule has 3 nitrogen and oxygen atoms in total. The molecule has 0 aliphatic carbocycles. The molecule has 0 spiro atoms. The van der Waals surface area contributed by atoms with E-state index in [1.807, 2.05) is 47.8 Å². The summed E-state index contributed by atoms with van der Waals surface area (Å²) < 4.78 is 0. The molecule has 5 rings (SSSR count). The standard InChI is InChI=1S/C26H19NO2S/c1-16-7-5-6-10-20(16)17-11-13-18(14-12-17)21-15-30-26-23(21)24(28)22(25(29)27-26)19-8-3-2-4-9-19/h2-15H,1H3,(H2,27,28,29). The zero-order valence-corrected chi connectivity index (χ0v) is 17.2. The number of hydrogen-bond acceptors (Lipinski definition) is 3. The molecule has 0 bridgehead atoms. The fraction of sp³-hybridized carbons (Fsp3) is 0.0385. The number of hydrogen-bond donors (Lipinski definition) is 2. The Bertz CT molecular complexity index is 1410. The van der Waals surface area contributed by atoms with Crippen molar-refractivity contribution in [3.8, 4) is 39.1 Å². The van der Waals surface area contributed by atoms with Gasteiger partial charge in [-0.15, -0.1) is 11.3 Å². The molecular weight excluding hydrogens is 390 g/mol. The molecule has 2 N–H and O–H groups in total. The van der Waals surface area contributed by atoms with Gasteiger partial charge in [0.2, 0.25) is 0 Å². The van der Waals surface area contributed by atoms with E-state index in [1.165, 1.54) is 22.5 Å².